The quantitative estimate of drug-likeness (QED) is 0.0176. The summed E-state index contributed by atoms with van der Waals surface area (Å²) in [5, 5.41) is 19.1. The van der Waals surface area contributed by atoms with Crippen LogP contribution in [0.4, 0.5) is 112 Å². The first-order valence-electron chi connectivity index (χ1n) is 41.9. The molecule has 17 aliphatic rings. The third-order valence-corrected chi connectivity index (χ3v) is 20.2. The number of fused-ring (bicyclic) bond motifs is 4. The van der Waals surface area contributed by atoms with Gasteiger partial charge in [0.2, 0.25) is 11.0 Å². The number of aromatic nitrogens is 8. The van der Waals surface area contributed by atoms with Crippen LogP contribution in [0.15, 0.2) is 298 Å². The number of pyridine rings is 5. The minimum Gasteiger partial charge on any atom is -0.201 e. The van der Waals surface area contributed by atoms with E-state index < -0.39 is 36.8 Å². The molecule has 0 aliphatic carbocycles. The molecule has 0 radical (unpaired) electrons. The van der Waals surface area contributed by atoms with Gasteiger partial charge < -0.3 is 47.9 Å². The van der Waals surface area contributed by atoms with Gasteiger partial charge in [-0.05, 0) is 81.9 Å². The maximum atomic E-state index is 9.87. The fourth-order valence-corrected chi connectivity index (χ4v) is 14.5. The molecule has 6 aromatic heterocycles. The van der Waals surface area contributed by atoms with E-state index in [1.165, 1.54) is 71.9 Å². The molecule has 23 heterocycles. The van der Waals surface area contributed by atoms with E-state index in [1.54, 1.807) is 11.8 Å². The van der Waals surface area contributed by atoms with Crippen molar-refractivity contribution in [1.82, 2.24) is 15.0 Å². The Bertz CT molecular complexity index is 5870. The summed E-state index contributed by atoms with van der Waals surface area (Å²) >= 11 is 0. The maximum Gasteiger partial charge on any atom is 0.173 e. The van der Waals surface area contributed by atoms with Gasteiger partial charge in [-0.1, -0.05) is 139 Å². The first-order chi connectivity index (χ1) is 64.6. The Morgan fingerprint density at radius 2 is 0.626 bits per heavy atom. The fraction of sp³-hybridized carbons (Fsp3) is 0.237. The van der Waals surface area contributed by atoms with Crippen LogP contribution in [0.5, 0.6) is 11.5 Å². The van der Waals surface area contributed by atoms with Crippen molar-refractivity contribution >= 4 is 64.4 Å². The number of benzene rings is 8. The van der Waals surface area contributed by atoms with Crippen LogP contribution in [0, 0.1) is 0 Å². The molecule has 31 rings (SSSR count). The van der Waals surface area contributed by atoms with Crippen molar-refractivity contribution in [3.05, 3.63) is 343 Å². The standard InChI is InChI=1S/C56H60N5O8.C36H32N4.CH3O.4F6P/c1-59-51-16-8-4-12-47(51)55(48-13-5-9-17-52(48)59)42-20-24-45(25-21-42)68-38-36-65-31-30-63-29-28-61-40-44(57-58-61)41-67-35-34-64-32-33-66-37-39-69-46-26-22-43(23-27-46)56(62-3)49-14-6-10-18-53(49)60(2)54-19-11-7-15-50(54)56;1-2-30-4-3-29(1)25-37-17-9-33(10-18-37)35-13-21-39(22-14-35)27-31-5-7-32(8-6-31)28-40-23-15-36(16-24-40)34-11-19-38(26-30)20-12-34;1-2;4*1-7(2,3,4,5)6/h4-27,40H,28-39,41H2,1-3H3;1-24H,25-28H2;1H3;;;;/q+1;+4;5*-1. The molecule has 0 saturated carbocycles. The monoisotopic (exact) mass is 2060 g/mol. The topological polar surface area (TPSA) is 150 Å². The van der Waals surface area contributed by atoms with Gasteiger partial charge in [-0.3, -0.25) is 0 Å². The zero-order valence-electron chi connectivity index (χ0n) is 74.4. The predicted octanol–water partition coefficient (Wildman–Crippen LogP) is 26.0. The Morgan fingerprint density at radius 3 is 0.957 bits per heavy atom. The summed E-state index contributed by atoms with van der Waals surface area (Å²) in [7, 11) is -35.9. The largest absolute Gasteiger partial charge is 0.201 e. The molecule has 17 aliphatic heterocycles. The summed E-state index contributed by atoms with van der Waals surface area (Å²) in [6.07, 6.45) is 19.2. The Hall–Kier alpha value is -11.7. The minimum atomic E-state index is -10.7. The number of methoxy groups -OCH3 is 1. The van der Waals surface area contributed by atoms with Crippen LogP contribution < -0.4 is 42.3 Å². The maximum absolute atomic E-state index is 10.7. The van der Waals surface area contributed by atoms with Crippen molar-refractivity contribution < 1.29 is 167 Å². The molecule has 0 N–H and O–H groups in total. The van der Waals surface area contributed by atoms with E-state index in [2.05, 4.69) is 320 Å². The molecule has 0 unspecified atom stereocenters. The first kappa shape index (κ1) is 109. The predicted molar refractivity (Wildman–Crippen MR) is 480 cm³/mol. The van der Waals surface area contributed by atoms with E-state index in [1.807, 2.05) is 30.5 Å². The normalized spacial score (nSPS) is 14.7. The van der Waals surface area contributed by atoms with Crippen LogP contribution in [0.3, 0.4) is 0 Å². The number of aryl methyl sites for hydroxylation is 1. The van der Waals surface area contributed by atoms with Crippen LogP contribution in [-0.4, -0.2) is 109 Å². The molecule has 0 spiro atoms. The molecule has 0 atom stereocenters. The zero-order valence-corrected chi connectivity index (χ0v) is 77.9. The number of ether oxygens (including phenoxy) is 8. The smallest absolute Gasteiger partial charge is 0.173 e. The van der Waals surface area contributed by atoms with E-state index in [0.717, 1.165) is 84.1 Å². The van der Waals surface area contributed by atoms with E-state index in [0.29, 0.717) is 85.8 Å². The molecule has 8 aromatic carbocycles. The van der Waals surface area contributed by atoms with Crippen molar-refractivity contribution in [2.45, 2.75) is 44.9 Å². The summed E-state index contributed by atoms with van der Waals surface area (Å²) in [5.41, 5.74) is 20.3. The molecule has 0 fully saturated rings. The average Bonchev–Trinajstić information content (AvgIpc) is 0.795. The number of para-hydroxylation sites is 4. The third kappa shape index (κ3) is 40.2. The van der Waals surface area contributed by atoms with Crippen molar-refractivity contribution in [3.63, 3.8) is 0 Å². The van der Waals surface area contributed by atoms with Crippen LogP contribution in [0.25, 0.3) is 55.2 Å². The number of nitrogens with zero attached hydrogens (tertiary/aromatic N) is 9. The van der Waals surface area contributed by atoms with Crippen molar-refractivity contribution in [1.29, 1.82) is 0 Å². The Balaban J connectivity index is 0.000000236. The molecular formula is C93H95F24N9O9P4. The molecule has 14 aromatic rings. The molecule has 754 valence electrons. The Labute approximate surface area is 781 Å². The number of hydrogen-bond acceptors (Lipinski definition) is 12. The van der Waals surface area contributed by atoms with Crippen LogP contribution in [0.2, 0.25) is 0 Å². The van der Waals surface area contributed by atoms with Gasteiger partial charge in [0.1, 0.15) is 43.1 Å². The average molecular weight is 2060 g/mol. The number of halogens is 24. The Kier molecular flexibility index (Phi) is 33.0. The summed E-state index contributed by atoms with van der Waals surface area (Å²) in [5.74, 6) is 1.58. The molecule has 139 heavy (non-hydrogen) atoms. The third-order valence-electron chi connectivity index (χ3n) is 20.2. The second-order valence-electron chi connectivity index (χ2n) is 31.2. The van der Waals surface area contributed by atoms with Crippen LogP contribution in [0.1, 0.15) is 44.6 Å². The van der Waals surface area contributed by atoms with Gasteiger partial charge >= 0.3 is 132 Å². The van der Waals surface area contributed by atoms with Crippen LogP contribution >= 0.6 is 31.2 Å². The molecule has 46 heteroatoms. The second kappa shape index (κ2) is 42.0. The fourth-order valence-electron chi connectivity index (χ4n) is 14.5. The minimum absolute atomic E-state index is 0.351. The summed E-state index contributed by atoms with van der Waals surface area (Å²) in [4.78, 5) is 2.22. The number of rotatable bonds is 25. The van der Waals surface area contributed by atoms with E-state index >= 15 is 0 Å². The van der Waals surface area contributed by atoms with Crippen molar-refractivity contribution in [3.8, 4) is 44.9 Å². The van der Waals surface area contributed by atoms with Crippen molar-refractivity contribution in [2.24, 2.45) is 7.05 Å². The molecule has 18 nitrogen and oxygen atoms in total. The van der Waals surface area contributed by atoms with Gasteiger partial charge in [-0.15, -0.1) is 5.10 Å². The second-order valence-corrected chi connectivity index (χ2v) is 38.8. The number of hydrogen-bond donors (Lipinski definition) is 0. The van der Waals surface area contributed by atoms with Gasteiger partial charge in [0.25, 0.3) is 0 Å². The van der Waals surface area contributed by atoms with Gasteiger partial charge in [-0.25, -0.2) is 23.0 Å². The summed E-state index contributed by atoms with van der Waals surface area (Å²) in [6, 6.07) is 85.9. The van der Waals surface area contributed by atoms with E-state index in [-0.39, 0.29) is 0 Å². The van der Waals surface area contributed by atoms with Crippen molar-refractivity contribution in [2.75, 3.05) is 98.8 Å². The summed E-state index contributed by atoms with van der Waals surface area (Å²) in [6.45, 7) is 9.40. The molecule has 0 amide bonds. The van der Waals surface area contributed by atoms with Gasteiger partial charge in [0, 0.05) is 125 Å². The van der Waals surface area contributed by atoms with Gasteiger partial charge in [-0.2, -0.15) is 11.7 Å². The van der Waals surface area contributed by atoms with E-state index in [4.69, 9.17) is 43.0 Å². The van der Waals surface area contributed by atoms with Gasteiger partial charge in [0.15, 0.2) is 75.8 Å². The molecule has 0 saturated heterocycles. The SMILES string of the molecule is COC1(c2ccc(OCCOCCOCCOCc3cn(CCOCCOCCOc4ccc(-c5c6ccccc6[n+](C)c6ccccc56)cc4)nn3)cc2)c2ccccc2N(C)c2ccccc21.C[O-].F[P-](F)(F)(F)(F)F.F[P-](F)(F)(F)(F)F.F[P-](F)(F)(F)(F)F.F[P-](F)(F)(F)(F)F.c1cc2ccc1C[n+]1ccc(cc1)-c1cc[n+](cc1)Cc1ccc(cc1)C[n+]1ccc(cc1)-c1cc[n+](cc1)C2. The zero-order chi connectivity index (χ0) is 102. The summed E-state index contributed by atoms with van der Waals surface area (Å²) < 4.78 is 297. The molecular weight excluding hydrogens is 1970 g/mol. The first-order valence-corrected chi connectivity index (χ1v) is 50.0. The van der Waals surface area contributed by atoms with Gasteiger partial charge in [0.05, 0.1) is 89.6 Å². The molecule has 12 bridgehead atoms. The Morgan fingerprint density at radius 1 is 0.338 bits per heavy atom. The van der Waals surface area contributed by atoms with Crippen LogP contribution in [-0.2, 0) is 80.4 Å². The number of anilines is 2. The van der Waals surface area contributed by atoms with E-state index in [9.17, 15) is 101 Å².